The Morgan fingerprint density at radius 1 is 1.29 bits per heavy atom. The van der Waals surface area contributed by atoms with Gasteiger partial charge in [0.15, 0.2) is 5.65 Å². The molecule has 0 saturated carbocycles. The predicted octanol–water partition coefficient (Wildman–Crippen LogP) is 4.61. The van der Waals surface area contributed by atoms with Gasteiger partial charge in [-0.1, -0.05) is 13.3 Å². The van der Waals surface area contributed by atoms with Gasteiger partial charge in [0.2, 0.25) is 0 Å². The molecule has 4 heteroatoms. The molecule has 0 saturated heterocycles. The lowest BCUT2D eigenvalue weighted by molar-refractivity contribution is 0.771. The summed E-state index contributed by atoms with van der Waals surface area (Å²) in [6.07, 6.45) is 9.46. The van der Waals surface area contributed by atoms with Gasteiger partial charge in [0.05, 0.1) is 11.9 Å². The molecule has 0 fully saturated rings. The van der Waals surface area contributed by atoms with Gasteiger partial charge in [-0.15, -0.1) is 11.3 Å². The zero-order valence-electron chi connectivity index (χ0n) is 12.4. The van der Waals surface area contributed by atoms with E-state index in [2.05, 4.69) is 53.6 Å². The summed E-state index contributed by atoms with van der Waals surface area (Å²) in [4.78, 5) is 5.93. The Kier molecular flexibility index (Phi) is 4.15. The fraction of sp³-hybridized carbons (Fsp3) is 0.294. The maximum atomic E-state index is 4.66. The van der Waals surface area contributed by atoms with Crippen LogP contribution in [0.2, 0.25) is 0 Å². The summed E-state index contributed by atoms with van der Waals surface area (Å²) >= 11 is 1.76. The van der Waals surface area contributed by atoms with Crippen molar-refractivity contribution in [2.75, 3.05) is 0 Å². The molecule has 21 heavy (non-hydrogen) atoms. The number of aryl methyl sites for hydroxylation is 2. The van der Waals surface area contributed by atoms with Crippen LogP contribution in [0.1, 0.15) is 41.6 Å². The normalized spacial score (nSPS) is 11.7. The first-order valence-electron chi connectivity index (χ1n) is 7.33. The summed E-state index contributed by atoms with van der Waals surface area (Å²) in [5, 5.41) is 6.53. The minimum Gasteiger partial charge on any atom is -0.234 e. The standard InChI is InChI=1S/C17H19N3S/c1-3-4-5-14-11-15(20-17(19-14)8-9-18-20)6-7-16-10-13(2)12-21-16/h6-12H,3-5H2,1-2H3. The number of rotatable bonds is 5. The van der Waals surface area contributed by atoms with E-state index < -0.39 is 0 Å². The van der Waals surface area contributed by atoms with Gasteiger partial charge < -0.3 is 0 Å². The van der Waals surface area contributed by atoms with Gasteiger partial charge in [-0.2, -0.15) is 5.10 Å². The maximum absolute atomic E-state index is 4.66. The number of hydrogen-bond acceptors (Lipinski definition) is 3. The molecule has 0 atom stereocenters. The van der Waals surface area contributed by atoms with Crippen LogP contribution in [0.3, 0.4) is 0 Å². The summed E-state index contributed by atoms with van der Waals surface area (Å²) < 4.78 is 1.90. The molecule has 0 aliphatic carbocycles. The average molecular weight is 297 g/mol. The molecule has 108 valence electrons. The van der Waals surface area contributed by atoms with Crippen LogP contribution in [-0.4, -0.2) is 14.6 Å². The first kappa shape index (κ1) is 14.0. The minimum atomic E-state index is 0.922. The first-order valence-corrected chi connectivity index (χ1v) is 8.21. The second-order valence-electron chi connectivity index (χ2n) is 5.24. The van der Waals surface area contributed by atoms with Crippen molar-refractivity contribution in [1.82, 2.24) is 14.6 Å². The number of aromatic nitrogens is 3. The lowest BCUT2D eigenvalue weighted by Crippen LogP contribution is -2.00. The third-order valence-electron chi connectivity index (χ3n) is 3.40. The van der Waals surface area contributed by atoms with Gasteiger partial charge in [-0.3, -0.25) is 0 Å². The predicted molar refractivity (Wildman–Crippen MR) is 89.6 cm³/mol. The van der Waals surface area contributed by atoms with E-state index in [1.54, 1.807) is 17.5 Å². The fourth-order valence-electron chi connectivity index (χ4n) is 2.30. The molecule has 0 aromatic carbocycles. The van der Waals surface area contributed by atoms with Gasteiger partial charge in [0, 0.05) is 16.6 Å². The van der Waals surface area contributed by atoms with Crippen LogP contribution in [0.5, 0.6) is 0 Å². The number of fused-ring (bicyclic) bond motifs is 1. The molecule has 0 aliphatic rings. The molecular formula is C17H19N3S. The van der Waals surface area contributed by atoms with E-state index >= 15 is 0 Å². The van der Waals surface area contributed by atoms with Crippen LogP contribution in [0.15, 0.2) is 29.8 Å². The van der Waals surface area contributed by atoms with E-state index in [1.807, 2.05) is 10.6 Å². The quantitative estimate of drug-likeness (QED) is 0.688. The Morgan fingerprint density at radius 2 is 2.19 bits per heavy atom. The molecule has 3 rings (SSSR count). The molecular weight excluding hydrogens is 278 g/mol. The van der Waals surface area contributed by atoms with E-state index in [4.69, 9.17) is 0 Å². The van der Waals surface area contributed by atoms with Crippen molar-refractivity contribution in [2.45, 2.75) is 33.1 Å². The van der Waals surface area contributed by atoms with Crippen LogP contribution in [0.4, 0.5) is 0 Å². The zero-order valence-corrected chi connectivity index (χ0v) is 13.2. The highest BCUT2D eigenvalue weighted by Crippen LogP contribution is 2.18. The average Bonchev–Trinajstić information content (AvgIpc) is 3.11. The van der Waals surface area contributed by atoms with E-state index in [1.165, 1.54) is 23.3 Å². The molecule has 0 aliphatic heterocycles. The third kappa shape index (κ3) is 3.22. The number of unbranched alkanes of at least 4 members (excludes halogenated alkanes) is 1. The Hall–Kier alpha value is -1.94. The molecule has 3 aromatic rings. The van der Waals surface area contributed by atoms with Gasteiger partial charge in [0.25, 0.3) is 0 Å². The molecule has 0 bridgehead atoms. The molecule has 0 N–H and O–H groups in total. The smallest absolute Gasteiger partial charge is 0.155 e. The Labute approximate surface area is 129 Å². The van der Waals surface area contributed by atoms with Crippen LogP contribution in [0, 0.1) is 6.92 Å². The van der Waals surface area contributed by atoms with E-state index in [0.29, 0.717) is 0 Å². The van der Waals surface area contributed by atoms with Crippen LogP contribution in [-0.2, 0) is 6.42 Å². The highest BCUT2D eigenvalue weighted by Gasteiger charge is 2.04. The summed E-state index contributed by atoms with van der Waals surface area (Å²) in [7, 11) is 0. The highest BCUT2D eigenvalue weighted by atomic mass is 32.1. The minimum absolute atomic E-state index is 0.922. The number of thiophene rings is 1. The monoisotopic (exact) mass is 297 g/mol. The molecule has 0 amide bonds. The van der Waals surface area contributed by atoms with Crippen LogP contribution < -0.4 is 0 Å². The van der Waals surface area contributed by atoms with E-state index in [0.717, 1.165) is 23.5 Å². The van der Waals surface area contributed by atoms with Crippen molar-refractivity contribution in [3.8, 4) is 0 Å². The lowest BCUT2D eigenvalue weighted by Gasteiger charge is -2.04. The fourth-order valence-corrected chi connectivity index (χ4v) is 3.09. The van der Waals surface area contributed by atoms with Gasteiger partial charge >= 0.3 is 0 Å². The number of nitrogens with zero attached hydrogens (tertiary/aromatic N) is 3. The Balaban J connectivity index is 1.95. The van der Waals surface area contributed by atoms with Gasteiger partial charge in [0.1, 0.15) is 0 Å². The largest absolute Gasteiger partial charge is 0.234 e. The van der Waals surface area contributed by atoms with Crippen molar-refractivity contribution >= 4 is 29.1 Å². The van der Waals surface area contributed by atoms with Gasteiger partial charge in [-0.05, 0) is 55.0 Å². The first-order chi connectivity index (χ1) is 10.3. The SMILES string of the molecule is CCCCc1cc(C=Cc2cc(C)cs2)n2nccc2n1. The summed E-state index contributed by atoms with van der Waals surface area (Å²) in [5.41, 5.74) is 4.46. The second-order valence-corrected chi connectivity index (χ2v) is 6.18. The topological polar surface area (TPSA) is 30.2 Å². The molecule has 3 heterocycles. The lowest BCUT2D eigenvalue weighted by atomic mass is 10.2. The number of hydrogen-bond donors (Lipinski definition) is 0. The summed E-state index contributed by atoms with van der Waals surface area (Å²) in [6, 6.07) is 6.30. The Morgan fingerprint density at radius 3 is 2.95 bits per heavy atom. The van der Waals surface area contributed by atoms with Crippen molar-refractivity contribution in [3.05, 3.63) is 51.6 Å². The van der Waals surface area contributed by atoms with Crippen molar-refractivity contribution < 1.29 is 0 Å². The summed E-state index contributed by atoms with van der Waals surface area (Å²) in [5.74, 6) is 0. The van der Waals surface area contributed by atoms with E-state index in [-0.39, 0.29) is 0 Å². The second kappa shape index (κ2) is 6.22. The Bertz CT molecular complexity index is 767. The molecule has 3 aromatic heterocycles. The van der Waals surface area contributed by atoms with Crippen LogP contribution in [0.25, 0.3) is 17.8 Å². The zero-order chi connectivity index (χ0) is 14.7. The molecule has 0 unspecified atom stereocenters. The molecule has 3 nitrogen and oxygen atoms in total. The van der Waals surface area contributed by atoms with Crippen molar-refractivity contribution in [2.24, 2.45) is 0 Å². The highest BCUT2D eigenvalue weighted by molar-refractivity contribution is 7.11. The third-order valence-corrected chi connectivity index (χ3v) is 4.41. The van der Waals surface area contributed by atoms with Crippen molar-refractivity contribution in [1.29, 1.82) is 0 Å². The maximum Gasteiger partial charge on any atom is 0.155 e. The molecule has 0 spiro atoms. The summed E-state index contributed by atoms with van der Waals surface area (Å²) in [6.45, 7) is 4.33. The van der Waals surface area contributed by atoms with Crippen molar-refractivity contribution in [3.63, 3.8) is 0 Å². The van der Waals surface area contributed by atoms with Gasteiger partial charge in [-0.25, -0.2) is 9.50 Å². The van der Waals surface area contributed by atoms with E-state index in [9.17, 15) is 0 Å². The molecule has 0 radical (unpaired) electrons. The van der Waals surface area contributed by atoms with Crippen LogP contribution >= 0.6 is 11.3 Å².